The molecule has 40 heavy (non-hydrogen) atoms. The Bertz CT molecular complexity index is 1510. The number of ether oxygens (including phenoxy) is 2. The lowest BCUT2D eigenvalue weighted by Crippen LogP contribution is -2.56. The van der Waals surface area contributed by atoms with Gasteiger partial charge in [-0.25, -0.2) is 0 Å². The van der Waals surface area contributed by atoms with Crippen molar-refractivity contribution in [2.75, 3.05) is 18.6 Å². The van der Waals surface area contributed by atoms with Gasteiger partial charge in [0, 0.05) is 20.2 Å². The molecule has 2 heterocycles. The first-order chi connectivity index (χ1) is 19.5. The van der Waals surface area contributed by atoms with Crippen LogP contribution in [-0.2, 0) is 17.4 Å². The normalized spacial score (nSPS) is 15.2. The van der Waals surface area contributed by atoms with E-state index in [2.05, 4.69) is 46.8 Å². The minimum absolute atomic E-state index is 0.107. The van der Waals surface area contributed by atoms with Crippen LogP contribution in [0.1, 0.15) is 16.7 Å². The van der Waals surface area contributed by atoms with E-state index < -0.39 is 11.6 Å². The molecule has 0 unspecified atom stereocenters. The number of carbonyl (C=O) groups is 1. The van der Waals surface area contributed by atoms with E-state index in [0.29, 0.717) is 22.9 Å². The number of nitrogens with one attached hydrogen (secondary N) is 1. The molecule has 7 nitrogen and oxygen atoms in total. The van der Waals surface area contributed by atoms with Crippen LogP contribution < -0.4 is 19.7 Å². The number of benzene rings is 4. The second-order valence-corrected chi connectivity index (χ2v) is 9.83. The van der Waals surface area contributed by atoms with Crippen molar-refractivity contribution in [1.29, 1.82) is 0 Å². The van der Waals surface area contributed by atoms with Crippen LogP contribution in [0.3, 0.4) is 0 Å². The van der Waals surface area contributed by atoms with Crippen LogP contribution in [-0.4, -0.2) is 35.4 Å². The van der Waals surface area contributed by atoms with Crippen LogP contribution in [0.5, 0.6) is 17.2 Å². The fraction of sp³-hybridized carbons (Fsp3) is 0.152. The SMILES string of the molecule is CN1C(=O)[C@@H](NC(c2ccccc2)(c2ccccc2)c2ccccc2)COc2ccc(Oc3cnn(C)c3)cc21. The van der Waals surface area contributed by atoms with Gasteiger partial charge in [-0.2, -0.15) is 5.10 Å². The van der Waals surface area contributed by atoms with Crippen molar-refractivity contribution in [2.45, 2.75) is 11.6 Å². The molecule has 1 aromatic heterocycles. The summed E-state index contributed by atoms with van der Waals surface area (Å²) in [4.78, 5) is 15.7. The Morgan fingerprint density at radius 2 is 1.40 bits per heavy atom. The molecule has 0 bridgehead atoms. The lowest BCUT2D eigenvalue weighted by atomic mass is 9.76. The lowest BCUT2D eigenvalue weighted by molar-refractivity contribution is -0.121. The van der Waals surface area contributed by atoms with Gasteiger partial charge in [0.05, 0.1) is 23.6 Å². The van der Waals surface area contributed by atoms with E-state index in [1.54, 1.807) is 29.0 Å². The molecule has 1 N–H and O–H groups in total. The summed E-state index contributed by atoms with van der Waals surface area (Å²) in [5.41, 5.74) is 2.91. The quantitative estimate of drug-likeness (QED) is 0.281. The van der Waals surface area contributed by atoms with Crippen LogP contribution in [0.25, 0.3) is 0 Å². The Kier molecular flexibility index (Phi) is 6.80. The zero-order valence-corrected chi connectivity index (χ0v) is 22.4. The maximum absolute atomic E-state index is 14.1. The van der Waals surface area contributed by atoms with Crippen molar-refractivity contribution in [3.63, 3.8) is 0 Å². The minimum atomic E-state index is -0.806. The average Bonchev–Trinajstić information content (AvgIpc) is 3.38. The summed E-state index contributed by atoms with van der Waals surface area (Å²) < 4.78 is 13.9. The van der Waals surface area contributed by atoms with Gasteiger partial charge in [0.15, 0.2) is 5.75 Å². The summed E-state index contributed by atoms with van der Waals surface area (Å²) in [6.45, 7) is 0.160. The Morgan fingerprint density at radius 1 is 0.825 bits per heavy atom. The van der Waals surface area contributed by atoms with Crippen molar-refractivity contribution in [1.82, 2.24) is 15.1 Å². The van der Waals surface area contributed by atoms with Gasteiger partial charge in [-0.05, 0) is 28.8 Å². The van der Waals surface area contributed by atoms with E-state index in [4.69, 9.17) is 9.47 Å². The number of amides is 1. The maximum Gasteiger partial charge on any atom is 0.247 e. The molecule has 1 aliphatic heterocycles. The van der Waals surface area contributed by atoms with E-state index in [0.717, 1.165) is 16.7 Å². The Balaban J connectivity index is 1.39. The third-order valence-corrected chi connectivity index (χ3v) is 7.25. The first-order valence-electron chi connectivity index (χ1n) is 13.2. The number of anilines is 1. The number of fused-ring (bicyclic) bond motifs is 1. The topological polar surface area (TPSA) is 68.6 Å². The molecule has 0 saturated carbocycles. The highest BCUT2D eigenvalue weighted by molar-refractivity contribution is 5.99. The van der Waals surface area contributed by atoms with Crippen LogP contribution in [0.4, 0.5) is 5.69 Å². The van der Waals surface area contributed by atoms with Gasteiger partial charge in [0.25, 0.3) is 0 Å². The lowest BCUT2D eigenvalue weighted by Gasteiger charge is -2.39. The highest BCUT2D eigenvalue weighted by Gasteiger charge is 2.42. The molecule has 4 aromatic carbocycles. The Labute approximate surface area is 233 Å². The van der Waals surface area contributed by atoms with Gasteiger partial charge in [0.2, 0.25) is 5.91 Å². The van der Waals surface area contributed by atoms with Crippen LogP contribution in [0.15, 0.2) is 122 Å². The molecule has 5 aromatic rings. The number of hydrogen-bond donors (Lipinski definition) is 1. The monoisotopic (exact) mass is 530 g/mol. The summed E-state index contributed by atoms with van der Waals surface area (Å²) >= 11 is 0. The molecule has 0 spiro atoms. The van der Waals surface area contributed by atoms with Crippen LogP contribution in [0.2, 0.25) is 0 Å². The summed E-state index contributed by atoms with van der Waals surface area (Å²) in [5, 5.41) is 7.93. The molecule has 6 rings (SSSR count). The van der Waals surface area contributed by atoms with Gasteiger partial charge >= 0.3 is 0 Å². The second-order valence-electron chi connectivity index (χ2n) is 9.83. The zero-order valence-electron chi connectivity index (χ0n) is 22.4. The van der Waals surface area contributed by atoms with E-state index in [-0.39, 0.29) is 12.5 Å². The third-order valence-electron chi connectivity index (χ3n) is 7.25. The number of rotatable bonds is 7. The van der Waals surface area contributed by atoms with Gasteiger partial charge in [-0.1, -0.05) is 91.0 Å². The van der Waals surface area contributed by atoms with Crippen molar-refractivity contribution in [3.8, 4) is 17.2 Å². The van der Waals surface area contributed by atoms with Crippen molar-refractivity contribution >= 4 is 11.6 Å². The summed E-state index contributed by atoms with van der Waals surface area (Å²) in [6.07, 6.45) is 3.43. The largest absolute Gasteiger partial charge is 0.489 e. The van der Waals surface area contributed by atoms with Gasteiger partial charge < -0.3 is 14.4 Å². The molecule has 0 radical (unpaired) electrons. The molecule has 0 fully saturated rings. The van der Waals surface area contributed by atoms with Crippen LogP contribution in [0, 0.1) is 0 Å². The van der Waals surface area contributed by atoms with Gasteiger partial charge in [0.1, 0.15) is 24.1 Å². The standard InChI is InChI=1S/C33H30N4O3/c1-36-22-28(21-34-36)40-27-18-19-31-30(20-27)37(2)32(38)29(23-39-31)35-33(24-12-6-3-7-13-24,25-14-8-4-9-15-25)26-16-10-5-11-17-26/h3-22,29,35H,23H2,1-2H3/t29-/m0/s1. The smallest absolute Gasteiger partial charge is 0.247 e. The van der Waals surface area contributed by atoms with Crippen molar-refractivity contribution < 1.29 is 14.3 Å². The van der Waals surface area contributed by atoms with Crippen molar-refractivity contribution in [3.05, 3.63) is 138 Å². The number of carbonyl (C=O) groups excluding carboxylic acids is 1. The summed E-state index contributed by atoms with van der Waals surface area (Å²) in [6, 6.07) is 35.5. The van der Waals surface area contributed by atoms with E-state index >= 15 is 0 Å². The van der Waals surface area contributed by atoms with E-state index in [9.17, 15) is 4.79 Å². The highest BCUT2D eigenvalue weighted by Crippen LogP contribution is 2.39. The Morgan fingerprint density at radius 3 is 1.93 bits per heavy atom. The molecule has 1 aliphatic rings. The number of aromatic nitrogens is 2. The number of aryl methyl sites for hydroxylation is 1. The predicted molar refractivity (Wildman–Crippen MR) is 155 cm³/mol. The number of nitrogens with zero attached hydrogens (tertiary/aromatic N) is 3. The molecular formula is C33H30N4O3. The zero-order chi connectivity index (χ0) is 27.5. The van der Waals surface area contributed by atoms with Crippen molar-refractivity contribution in [2.24, 2.45) is 7.05 Å². The molecule has 0 saturated heterocycles. The molecule has 7 heteroatoms. The van der Waals surface area contributed by atoms with E-state index in [1.165, 1.54) is 0 Å². The molecule has 0 aliphatic carbocycles. The van der Waals surface area contributed by atoms with Crippen LogP contribution >= 0.6 is 0 Å². The average molecular weight is 531 g/mol. The molecular weight excluding hydrogens is 500 g/mol. The fourth-order valence-electron chi connectivity index (χ4n) is 5.31. The summed E-state index contributed by atoms with van der Waals surface area (Å²) in [7, 11) is 3.60. The van der Waals surface area contributed by atoms with Gasteiger partial charge in [-0.3, -0.25) is 14.8 Å². The number of hydrogen-bond acceptors (Lipinski definition) is 5. The first-order valence-corrected chi connectivity index (χ1v) is 13.2. The third kappa shape index (κ3) is 4.72. The van der Waals surface area contributed by atoms with E-state index in [1.807, 2.05) is 79.8 Å². The molecule has 200 valence electrons. The Hall–Kier alpha value is -4.88. The highest BCUT2D eigenvalue weighted by atomic mass is 16.5. The molecule has 1 atom stereocenters. The number of likely N-dealkylation sites (N-methyl/N-ethyl adjacent to an activating group) is 1. The second kappa shape index (κ2) is 10.7. The summed E-state index contributed by atoms with van der Waals surface area (Å²) in [5.74, 6) is 1.71. The predicted octanol–water partition coefficient (Wildman–Crippen LogP) is 5.52. The molecule has 1 amide bonds. The fourth-order valence-corrected chi connectivity index (χ4v) is 5.31. The van der Waals surface area contributed by atoms with Gasteiger partial charge in [-0.15, -0.1) is 0 Å². The maximum atomic E-state index is 14.1. The minimum Gasteiger partial charge on any atom is -0.489 e. The first kappa shape index (κ1) is 25.4.